The summed E-state index contributed by atoms with van der Waals surface area (Å²) in [5, 5.41) is 7.45. The SMILES string of the molecule is Cc1ccccc1CCNC1CCCC1C1COCCN1. The van der Waals surface area contributed by atoms with E-state index in [-0.39, 0.29) is 0 Å². The van der Waals surface area contributed by atoms with Gasteiger partial charge in [0.15, 0.2) is 0 Å². The minimum Gasteiger partial charge on any atom is -0.379 e. The lowest BCUT2D eigenvalue weighted by molar-refractivity contribution is 0.0526. The molecule has 1 heterocycles. The van der Waals surface area contributed by atoms with Crippen LogP contribution in [0.5, 0.6) is 0 Å². The van der Waals surface area contributed by atoms with Gasteiger partial charge in [-0.25, -0.2) is 0 Å². The third kappa shape index (κ3) is 3.85. The zero-order valence-corrected chi connectivity index (χ0v) is 13.1. The van der Waals surface area contributed by atoms with Crippen LogP contribution >= 0.6 is 0 Å². The molecule has 1 aliphatic carbocycles. The van der Waals surface area contributed by atoms with Crippen molar-refractivity contribution in [2.45, 2.75) is 44.7 Å². The lowest BCUT2D eigenvalue weighted by Crippen LogP contribution is -2.51. The van der Waals surface area contributed by atoms with Crippen LogP contribution in [0.15, 0.2) is 24.3 Å². The molecule has 0 radical (unpaired) electrons. The third-order valence-electron chi connectivity index (χ3n) is 5.10. The highest BCUT2D eigenvalue weighted by Gasteiger charge is 2.34. The number of nitrogens with one attached hydrogen (secondary N) is 2. The molecule has 3 heteroatoms. The molecule has 1 aliphatic heterocycles. The van der Waals surface area contributed by atoms with Crippen molar-refractivity contribution in [3.05, 3.63) is 35.4 Å². The summed E-state index contributed by atoms with van der Waals surface area (Å²) < 4.78 is 5.64. The quantitative estimate of drug-likeness (QED) is 0.872. The summed E-state index contributed by atoms with van der Waals surface area (Å²) >= 11 is 0. The van der Waals surface area contributed by atoms with Crippen LogP contribution in [0, 0.1) is 12.8 Å². The summed E-state index contributed by atoms with van der Waals surface area (Å²) in [5.41, 5.74) is 2.88. The summed E-state index contributed by atoms with van der Waals surface area (Å²) in [4.78, 5) is 0. The predicted molar refractivity (Wildman–Crippen MR) is 86.6 cm³/mol. The monoisotopic (exact) mass is 288 g/mol. The van der Waals surface area contributed by atoms with Crippen LogP contribution in [-0.2, 0) is 11.2 Å². The Morgan fingerprint density at radius 2 is 2.19 bits per heavy atom. The molecule has 2 fully saturated rings. The van der Waals surface area contributed by atoms with Gasteiger partial charge >= 0.3 is 0 Å². The first-order valence-electron chi connectivity index (χ1n) is 8.43. The van der Waals surface area contributed by atoms with E-state index in [1.807, 2.05) is 0 Å². The van der Waals surface area contributed by atoms with E-state index in [1.165, 1.54) is 30.4 Å². The van der Waals surface area contributed by atoms with E-state index in [1.54, 1.807) is 0 Å². The highest BCUT2D eigenvalue weighted by Crippen LogP contribution is 2.29. The average molecular weight is 288 g/mol. The fraction of sp³-hybridized carbons (Fsp3) is 0.667. The van der Waals surface area contributed by atoms with E-state index in [0.717, 1.165) is 38.6 Å². The van der Waals surface area contributed by atoms with Gasteiger partial charge in [-0.05, 0) is 49.8 Å². The summed E-state index contributed by atoms with van der Waals surface area (Å²) in [6, 6.07) is 9.93. The second-order valence-electron chi connectivity index (χ2n) is 6.47. The molecule has 1 aromatic rings. The number of benzene rings is 1. The number of aryl methyl sites for hydroxylation is 1. The molecule has 0 amide bonds. The van der Waals surface area contributed by atoms with Gasteiger partial charge in [0.25, 0.3) is 0 Å². The molecule has 2 N–H and O–H groups in total. The van der Waals surface area contributed by atoms with Crippen LogP contribution in [0.3, 0.4) is 0 Å². The van der Waals surface area contributed by atoms with Crippen molar-refractivity contribution in [1.82, 2.24) is 10.6 Å². The Labute approximate surface area is 128 Å². The second-order valence-corrected chi connectivity index (χ2v) is 6.47. The minimum absolute atomic E-state index is 0.553. The Bertz CT molecular complexity index is 443. The molecule has 0 spiro atoms. The van der Waals surface area contributed by atoms with Gasteiger partial charge < -0.3 is 15.4 Å². The van der Waals surface area contributed by atoms with Gasteiger partial charge in [0.2, 0.25) is 0 Å². The molecule has 3 nitrogen and oxygen atoms in total. The van der Waals surface area contributed by atoms with Crippen molar-refractivity contribution in [2.75, 3.05) is 26.3 Å². The van der Waals surface area contributed by atoms with Crippen LogP contribution in [-0.4, -0.2) is 38.4 Å². The number of ether oxygens (including phenoxy) is 1. The van der Waals surface area contributed by atoms with Gasteiger partial charge in [-0.1, -0.05) is 30.7 Å². The Morgan fingerprint density at radius 1 is 1.29 bits per heavy atom. The fourth-order valence-corrected chi connectivity index (χ4v) is 3.87. The molecule has 3 atom stereocenters. The van der Waals surface area contributed by atoms with Crippen molar-refractivity contribution in [1.29, 1.82) is 0 Å². The number of hydrogen-bond acceptors (Lipinski definition) is 3. The first-order chi connectivity index (χ1) is 10.3. The van der Waals surface area contributed by atoms with Crippen LogP contribution in [0.25, 0.3) is 0 Å². The van der Waals surface area contributed by atoms with Crippen molar-refractivity contribution in [3.63, 3.8) is 0 Å². The van der Waals surface area contributed by atoms with Gasteiger partial charge in [-0.3, -0.25) is 0 Å². The topological polar surface area (TPSA) is 33.3 Å². The Hall–Kier alpha value is -0.900. The largest absolute Gasteiger partial charge is 0.379 e. The number of rotatable bonds is 5. The third-order valence-corrected chi connectivity index (χ3v) is 5.10. The fourth-order valence-electron chi connectivity index (χ4n) is 3.87. The van der Waals surface area contributed by atoms with E-state index in [2.05, 4.69) is 41.8 Å². The maximum atomic E-state index is 5.64. The van der Waals surface area contributed by atoms with Crippen LogP contribution in [0.1, 0.15) is 30.4 Å². The molecular formula is C18H28N2O. The first kappa shape index (κ1) is 15.0. The molecule has 1 aromatic carbocycles. The lowest BCUT2D eigenvalue weighted by atomic mass is 9.94. The second kappa shape index (κ2) is 7.39. The maximum absolute atomic E-state index is 5.64. The highest BCUT2D eigenvalue weighted by molar-refractivity contribution is 5.25. The summed E-state index contributed by atoms with van der Waals surface area (Å²) in [6.07, 6.45) is 5.13. The molecule has 0 bridgehead atoms. The Morgan fingerprint density at radius 3 is 3.00 bits per heavy atom. The van der Waals surface area contributed by atoms with Crippen molar-refractivity contribution in [2.24, 2.45) is 5.92 Å². The standard InChI is InChI=1S/C18H28N2O/c1-14-5-2-3-6-15(14)9-10-19-17-8-4-7-16(17)18-13-21-12-11-20-18/h2-3,5-6,16-20H,4,7-13H2,1H3. The molecule has 21 heavy (non-hydrogen) atoms. The Balaban J connectivity index is 1.49. The minimum atomic E-state index is 0.553. The highest BCUT2D eigenvalue weighted by atomic mass is 16.5. The zero-order chi connectivity index (χ0) is 14.5. The van der Waals surface area contributed by atoms with Gasteiger partial charge in [-0.15, -0.1) is 0 Å². The molecule has 1 saturated heterocycles. The molecule has 3 rings (SSSR count). The summed E-state index contributed by atoms with van der Waals surface area (Å²) in [5.74, 6) is 0.738. The molecule has 3 unspecified atom stereocenters. The molecule has 0 aromatic heterocycles. The van der Waals surface area contributed by atoms with E-state index in [0.29, 0.717) is 12.1 Å². The van der Waals surface area contributed by atoms with E-state index in [4.69, 9.17) is 4.74 Å². The van der Waals surface area contributed by atoms with E-state index >= 15 is 0 Å². The maximum Gasteiger partial charge on any atom is 0.0623 e. The molecule has 1 saturated carbocycles. The Kier molecular flexibility index (Phi) is 5.28. The van der Waals surface area contributed by atoms with Crippen LogP contribution < -0.4 is 10.6 Å². The van der Waals surface area contributed by atoms with Gasteiger partial charge in [0.05, 0.1) is 13.2 Å². The first-order valence-corrected chi connectivity index (χ1v) is 8.43. The normalized spacial score (nSPS) is 29.7. The van der Waals surface area contributed by atoms with E-state index < -0.39 is 0 Å². The summed E-state index contributed by atoms with van der Waals surface area (Å²) in [6.45, 7) is 6.06. The number of morpholine rings is 1. The van der Waals surface area contributed by atoms with Gasteiger partial charge in [-0.2, -0.15) is 0 Å². The average Bonchev–Trinajstić information content (AvgIpc) is 2.99. The van der Waals surface area contributed by atoms with E-state index in [9.17, 15) is 0 Å². The molecule has 2 aliphatic rings. The number of hydrogen-bond donors (Lipinski definition) is 2. The van der Waals surface area contributed by atoms with Gasteiger partial charge in [0.1, 0.15) is 0 Å². The smallest absolute Gasteiger partial charge is 0.0623 e. The van der Waals surface area contributed by atoms with Crippen molar-refractivity contribution < 1.29 is 4.74 Å². The zero-order valence-electron chi connectivity index (χ0n) is 13.1. The van der Waals surface area contributed by atoms with Crippen molar-refractivity contribution >= 4 is 0 Å². The molecule has 116 valence electrons. The molecular weight excluding hydrogens is 260 g/mol. The van der Waals surface area contributed by atoms with Gasteiger partial charge in [0, 0.05) is 18.6 Å². The van der Waals surface area contributed by atoms with Crippen molar-refractivity contribution in [3.8, 4) is 0 Å². The van der Waals surface area contributed by atoms with Crippen LogP contribution in [0.2, 0.25) is 0 Å². The predicted octanol–water partition coefficient (Wildman–Crippen LogP) is 2.28. The lowest BCUT2D eigenvalue weighted by Gasteiger charge is -2.33. The summed E-state index contributed by atoms with van der Waals surface area (Å²) in [7, 11) is 0. The van der Waals surface area contributed by atoms with Crippen LogP contribution in [0.4, 0.5) is 0 Å².